The van der Waals surface area contributed by atoms with Crippen LogP contribution in [-0.4, -0.2) is 31.4 Å². The average Bonchev–Trinajstić information content (AvgIpc) is 3.17. The quantitative estimate of drug-likeness (QED) is 0.525. The van der Waals surface area contributed by atoms with Gasteiger partial charge in [0.15, 0.2) is 0 Å². The fourth-order valence-electron chi connectivity index (χ4n) is 3.19. The second-order valence-electron chi connectivity index (χ2n) is 6.12. The number of hydrogen-bond acceptors (Lipinski definition) is 7. The highest BCUT2D eigenvalue weighted by Gasteiger charge is 2.31. The Labute approximate surface area is 166 Å². The van der Waals surface area contributed by atoms with Crippen molar-refractivity contribution in [2.24, 2.45) is 5.73 Å². The molecule has 3 heterocycles. The molecule has 4 N–H and O–H groups in total. The van der Waals surface area contributed by atoms with E-state index in [0.717, 1.165) is 0 Å². The number of imidazole rings is 1. The van der Waals surface area contributed by atoms with Gasteiger partial charge in [-0.15, -0.1) is 11.3 Å². The second-order valence-corrected chi connectivity index (χ2v) is 7.86. The molecule has 0 saturated carbocycles. The number of aromatic nitrogens is 3. The fourth-order valence-corrected chi connectivity index (χ4v) is 4.32. The lowest BCUT2D eigenvalue weighted by Crippen LogP contribution is -2.18. The van der Waals surface area contributed by atoms with E-state index in [0.29, 0.717) is 39.9 Å². The van der Waals surface area contributed by atoms with Crippen LogP contribution in [0.25, 0.3) is 11.4 Å². The number of ether oxygens (including phenoxy) is 1. The Hall–Kier alpha value is -1.85. The topological polar surface area (TPSA) is 106 Å². The molecular formula is C17H16BrFN4O3S. The largest absolute Gasteiger partial charge is 0.491 e. The Morgan fingerprint density at radius 1 is 1.41 bits per heavy atom. The summed E-state index contributed by atoms with van der Waals surface area (Å²) in [6.07, 6.45) is -2.44. The summed E-state index contributed by atoms with van der Waals surface area (Å²) in [7, 11) is 0. The first-order valence-electron chi connectivity index (χ1n) is 8.12. The van der Waals surface area contributed by atoms with Crippen molar-refractivity contribution in [1.29, 1.82) is 0 Å². The van der Waals surface area contributed by atoms with Crippen molar-refractivity contribution in [3.05, 3.63) is 49.9 Å². The van der Waals surface area contributed by atoms with Gasteiger partial charge in [0.1, 0.15) is 42.0 Å². The molecule has 2 atom stereocenters. The molecule has 1 aromatic carbocycles. The number of hydrogen-bond donors (Lipinski definition) is 3. The Morgan fingerprint density at radius 3 is 2.85 bits per heavy atom. The molecule has 0 fully saturated rings. The predicted octanol–water partition coefficient (Wildman–Crippen LogP) is 2.64. The summed E-state index contributed by atoms with van der Waals surface area (Å²) in [4.78, 5) is 9.29. The lowest BCUT2D eigenvalue weighted by atomic mass is 10.1. The van der Waals surface area contributed by atoms with E-state index in [4.69, 9.17) is 10.5 Å². The van der Waals surface area contributed by atoms with E-state index < -0.39 is 18.1 Å². The molecule has 2 unspecified atom stereocenters. The van der Waals surface area contributed by atoms with Gasteiger partial charge in [-0.2, -0.15) is 0 Å². The third-order valence-corrected chi connectivity index (χ3v) is 6.03. The number of thiazole rings is 1. The molecule has 0 amide bonds. The molecule has 0 spiro atoms. The van der Waals surface area contributed by atoms with Gasteiger partial charge in [-0.3, -0.25) is 0 Å². The number of aliphatic hydroxyl groups excluding tert-OH is 2. The molecule has 2 aromatic heterocycles. The average molecular weight is 455 g/mol. The Balaban J connectivity index is 1.96. The lowest BCUT2D eigenvalue weighted by Gasteiger charge is -2.16. The number of aliphatic hydroxyl groups is 2. The highest BCUT2D eigenvalue weighted by Crippen LogP contribution is 2.40. The van der Waals surface area contributed by atoms with Gasteiger partial charge in [0, 0.05) is 6.07 Å². The zero-order chi connectivity index (χ0) is 19.3. The van der Waals surface area contributed by atoms with Crippen LogP contribution in [0.2, 0.25) is 0 Å². The van der Waals surface area contributed by atoms with E-state index in [1.165, 1.54) is 17.4 Å². The maximum absolute atomic E-state index is 13.9. The first kappa shape index (κ1) is 18.5. The van der Waals surface area contributed by atoms with Crippen molar-refractivity contribution in [3.8, 4) is 17.1 Å². The third kappa shape index (κ3) is 3.07. The summed E-state index contributed by atoms with van der Waals surface area (Å²) >= 11 is 4.49. The molecule has 0 aliphatic carbocycles. The number of rotatable bonds is 3. The van der Waals surface area contributed by atoms with Gasteiger partial charge in [-0.1, -0.05) is 0 Å². The van der Waals surface area contributed by atoms with Gasteiger partial charge < -0.3 is 25.3 Å². The molecule has 0 bridgehead atoms. The van der Waals surface area contributed by atoms with Gasteiger partial charge >= 0.3 is 0 Å². The van der Waals surface area contributed by atoms with Crippen LogP contribution in [0, 0.1) is 12.7 Å². The van der Waals surface area contributed by atoms with E-state index in [1.807, 2.05) is 0 Å². The molecule has 3 aromatic rings. The summed E-state index contributed by atoms with van der Waals surface area (Å²) in [5, 5.41) is 21.1. The van der Waals surface area contributed by atoms with Crippen LogP contribution in [0.15, 0.2) is 22.1 Å². The van der Waals surface area contributed by atoms with Gasteiger partial charge in [0.05, 0.1) is 38.4 Å². The van der Waals surface area contributed by atoms with Crippen molar-refractivity contribution in [2.75, 3.05) is 6.61 Å². The number of benzene rings is 1. The smallest absolute Gasteiger partial charge is 0.147 e. The lowest BCUT2D eigenvalue weighted by molar-refractivity contribution is 0.167. The van der Waals surface area contributed by atoms with Crippen molar-refractivity contribution in [1.82, 2.24) is 14.5 Å². The maximum atomic E-state index is 13.9. The molecule has 4 rings (SSSR count). The summed E-state index contributed by atoms with van der Waals surface area (Å²) in [6, 6.07) is 2.85. The Bertz CT molecular complexity index is 1020. The normalized spacial score (nSPS) is 15.5. The summed E-state index contributed by atoms with van der Waals surface area (Å²) < 4.78 is 21.6. The Kier molecular flexibility index (Phi) is 4.77. The predicted molar refractivity (Wildman–Crippen MR) is 101 cm³/mol. The van der Waals surface area contributed by atoms with Crippen molar-refractivity contribution >= 4 is 27.3 Å². The maximum Gasteiger partial charge on any atom is 0.147 e. The zero-order valence-corrected chi connectivity index (χ0v) is 16.6. The van der Waals surface area contributed by atoms with E-state index >= 15 is 0 Å². The molecule has 1 aliphatic heterocycles. The van der Waals surface area contributed by atoms with Crippen LogP contribution in [0.4, 0.5) is 4.39 Å². The van der Waals surface area contributed by atoms with E-state index in [-0.39, 0.29) is 16.8 Å². The zero-order valence-electron chi connectivity index (χ0n) is 14.2. The second kappa shape index (κ2) is 6.95. The minimum atomic E-state index is -1.38. The van der Waals surface area contributed by atoms with E-state index in [2.05, 4.69) is 25.9 Å². The minimum Gasteiger partial charge on any atom is -0.491 e. The highest BCUT2D eigenvalue weighted by atomic mass is 79.9. The van der Waals surface area contributed by atoms with Crippen LogP contribution >= 0.6 is 27.3 Å². The number of fused-ring (bicyclic) bond motifs is 3. The number of nitrogens with two attached hydrogens (primary N) is 1. The number of nitrogens with zero attached hydrogens (tertiary/aromatic N) is 3. The van der Waals surface area contributed by atoms with E-state index in [9.17, 15) is 14.6 Å². The highest BCUT2D eigenvalue weighted by molar-refractivity contribution is 9.10. The molecule has 0 saturated heterocycles. The summed E-state index contributed by atoms with van der Waals surface area (Å²) in [5.74, 6) is 0.333. The van der Waals surface area contributed by atoms with Gasteiger partial charge in [0.2, 0.25) is 0 Å². The van der Waals surface area contributed by atoms with Gasteiger partial charge in [0.25, 0.3) is 0 Å². The standard InChI is InChI=1S/C17H16BrFN4O3S/c1-7-15(27-6-21-7)14(24)13-12(16(20)25)22-17-8-4-9(18)10(19)5-11(8)26-3-2-23(13)17/h4-6,14,16,24-25H,2-3,20H2,1H3. The summed E-state index contributed by atoms with van der Waals surface area (Å²) in [6.45, 7) is 2.40. The number of halogens is 2. The van der Waals surface area contributed by atoms with Crippen LogP contribution in [0.5, 0.6) is 5.75 Å². The minimum absolute atomic E-state index is 0.165. The molecule has 27 heavy (non-hydrogen) atoms. The molecule has 7 nitrogen and oxygen atoms in total. The number of aryl methyl sites for hydroxylation is 1. The van der Waals surface area contributed by atoms with Crippen LogP contribution in [0.1, 0.15) is 34.3 Å². The summed E-state index contributed by atoms with van der Waals surface area (Å²) in [5.41, 5.74) is 9.15. The van der Waals surface area contributed by atoms with Crippen molar-refractivity contribution in [3.63, 3.8) is 0 Å². The van der Waals surface area contributed by atoms with Crippen molar-refractivity contribution < 1.29 is 19.3 Å². The molecule has 1 aliphatic rings. The van der Waals surface area contributed by atoms with Crippen LogP contribution < -0.4 is 10.5 Å². The molecule has 0 radical (unpaired) electrons. The molecular weight excluding hydrogens is 439 g/mol. The fraction of sp³-hybridized carbons (Fsp3) is 0.294. The first-order valence-corrected chi connectivity index (χ1v) is 9.80. The van der Waals surface area contributed by atoms with Gasteiger partial charge in [-0.25, -0.2) is 14.4 Å². The first-order chi connectivity index (χ1) is 12.9. The third-order valence-electron chi connectivity index (χ3n) is 4.44. The Morgan fingerprint density at radius 2 is 2.19 bits per heavy atom. The van der Waals surface area contributed by atoms with E-state index in [1.54, 1.807) is 23.1 Å². The van der Waals surface area contributed by atoms with Crippen LogP contribution in [-0.2, 0) is 6.54 Å². The van der Waals surface area contributed by atoms with Crippen LogP contribution in [0.3, 0.4) is 0 Å². The molecule has 10 heteroatoms. The monoisotopic (exact) mass is 454 g/mol. The SMILES string of the molecule is Cc1ncsc1C(O)c1c(C(N)O)nc2n1CCOc1cc(F)c(Br)cc1-2. The molecule has 142 valence electrons. The van der Waals surface area contributed by atoms with Gasteiger partial charge in [-0.05, 0) is 28.9 Å². The van der Waals surface area contributed by atoms with Crippen molar-refractivity contribution in [2.45, 2.75) is 25.8 Å².